The number of aryl methyl sites for hydroxylation is 1. The van der Waals surface area contributed by atoms with E-state index < -0.39 is 17.5 Å². The van der Waals surface area contributed by atoms with E-state index in [-0.39, 0.29) is 0 Å². The lowest BCUT2D eigenvalue weighted by Crippen LogP contribution is -2.24. The molecule has 1 aliphatic rings. The van der Waals surface area contributed by atoms with Crippen molar-refractivity contribution in [2.75, 3.05) is 11.4 Å². The van der Waals surface area contributed by atoms with E-state index in [1.54, 1.807) is 0 Å². The number of rotatable bonds is 3. The van der Waals surface area contributed by atoms with E-state index in [9.17, 15) is 18.0 Å². The van der Waals surface area contributed by atoms with Crippen LogP contribution in [0.15, 0.2) is 76.0 Å². The number of fused-ring (bicyclic) bond motifs is 1. The Morgan fingerprint density at radius 2 is 1.59 bits per heavy atom. The average Bonchev–Trinajstić information content (AvgIpc) is 3.24. The summed E-state index contributed by atoms with van der Waals surface area (Å²) in [5.74, 6) is -0.223. The fourth-order valence-electron chi connectivity index (χ4n) is 4.05. The Morgan fingerprint density at radius 1 is 0.906 bits per heavy atom. The third kappa shape index (κ3) is 3.79. The number of anilines is 2. The van der Waals surface area contributed by atoms with Crippen molar-refractivity contribution in [3.05, 3.63) is 88.4 Å². The van der Waals surface area contributed by atoms with Crippen LogP contribution in [0.4, 0.5) is 24.5 Å². The Morgan fingerprint density at radius 3 is 2.25 bits per heavy atom. The van der Waals surface area contributed by atoms with E-state index in [0.717, 1.165) is 65.1 Å². The predicted octanol–water partition coefficient (Wildman–Crippen LogP) is 5.80. The first-order chi connectivity index (χ1) is 15.4. The van der Waals surface area contributed by atoms with Crippen molar-refractivity contribution in [2.45, 2.75) is 19.0 Å². The van der Waals surface area contributed by atoms with E-state index in [0.29, 0.717) is 5.82 Å². The monoisotopic (exact) mass is 437 g/mol. The number of nitrogens with one attached hydrogen (secondary N) is 1. The SMILES string of the molecule is O=c1[nH]c(-c2ccc(N3CCCc4cc(-c5ccc(C(F)(F)F)cc5)ccc43)cc2)no1. The van der Waals surface area contributed by atoms with E-state index >= 15 is 0 Å². The molecule has 2 heterocycles. The Bertz CT molecular complexity index is 1310. The maximum absolute atomic E-state index is 12.8. The Hall–Kier alpha value is -3.81. The van der Waals surface area contributed by atoms with E-state index in [1.165, 1.54) is 12.1 Å². The number of nitrogens with zero attached hydrogens (tertiary/aromatic N) is 2. The molecule has 0 bridgehead atoms. The van der Waals surface area contributed by atoms with Crippen LogP contribution in [-0.2, 0) is 12.6 Å². The van der Waals surface area contributed by atoms with Gasteiger partial charge >= 0.3 is 11.9 Å². The van der Waals surface area contributed by atoms with Gasteiger partial charge in [0.1, 0.15) is 0 Å². The van der Waals surface area contributed by atoms with Gasteiger partial charge in [0.25, 0.3) is 0 Å². The maximum atomic E-state index is 12.8. The van der Waals surface area contributed by atoms with Gasteiger partial charge in [0.2, 0.25) is 0 Å². The first kappa shape index (κ1) is 20.1. The lowest BCUT2D eigenvalue weighted by atomic mass is 9.95. The summed E-state index contributed by atoms with van der Waals surface area (Å²) >= 11 is 0. The summed E-state index contributed by atoms with van der Waals surface area (Å²) in [4.78, 5) is 15.9. The average molecular weight is 437 g/mol. The molecule has 0 spiro atoms. The van der Waals surface area contributed by atoms with E-state index in [2.05, 4.69) is 25.6 Å². The van der Waals surface area contributed by atoms with Gasteiger partial charge in [-0.1, -0.05) is 23.4 Å². The molecule has 4 aromatic rings. The van der Waals surface area contributed by atoms with Gasteiger partial charge in [0.15, 0.2) is 5.82 Å². The fourth-order valence-corrected chi connectivity index (χ4v) is 4.05. The van der Waals surface area contributed by atoms with Crippen LogP contribution in [0.5, 0.6) is 0 Å². The molecule has 0 fully saturated rings. The molecule has 0 atom stereocenters. The second-order valence-corrected chi connectivity index (χ2v) is 7.66. The molecule has 1 N–H and O–H groups in total. The minimum Gasteiger partial charge on any atom is -0.341 e. The first-order valence-corrected chi connectivity index (χ1v) is 10.1. The standard InChI is InChI=1S/C24H18F3N3O2/c25-24(26,27)19-8-3-15(4-9-19)17-7-12-21-18(14-17)2-1-13-30(21)20-10-5-16(6-11-20)22-28-23(31)32-29-22/h3-12,14H,1-2,13H2,(H,28,29,31). The Labute approximate surface area is 181 Å². The summed E-state index contributed by atoms with van der Waals surface area (Å²) in [6.07, 6.45) is -2.48. The number of hydrogen-bond acceptors (Lipinski definition) is 4. The van der Waals surface area contributed by atoms with Crippen LogP contribution < -0.4 is 10.7 Å². The smallest absolute Gasteiger partial charge is 0.341 e. The molecule has 0 saturated heterocycles. The van der Waals surface area contributed by atoms with Crippen LogP contribution in [0.25, 0.3) is 22.5 Å². The van der Waals surface area contributed by atoms with Crippen LogP contribution in [0.1, 0.15) is 17.5 Å². The molecule has 0 amide bonds. The van der Waals surface area contributed by atoms with Gasteiger partial charge in [-0.2, -0.15) is 13.2 Å². The normalized spacial score (nSPS) is 13.8. The lowest BCUT2D eigenvalue weighted by Gasteiger charge is -2.32. The van der Waals surface area contributed by atoms with Crippen molar-refractivity contribution in [1.29, 1.82) is 0 Å². The number of benzene rings is 3. The molecule has 0 radical (unpaired) electrons. The third-order valence-electron chi connectivity index (χ3n) is 5.64. The third-order valence-corrected chi connectivity index (χ3v) is 5.64. The molecule has 0 aliphatic carbocycles. The van der Waals surface area contributed by atoms with Crippen molar-refractivity contribution >= 4 is 11.4 Å². The van der Waals surface area contributed by atoms with Crippen LogP contribution in [-0.4, -0.2) is 16.7 Å². The molecule has 0 unspecified atom stereocenters. The molecule has 5 nitrogen and oxygen atoms in total. The zero-order valence-corrected chi connectivity index (χ0v) is 16.8. The van der Waals surface area contributed by atoms with Crippen molar-refractivity contribution in [3.8, 4) is 22.5 Å². The number of aromatic nitrogens is 2. The lowest BCUT2D eigenvalue weighted by molar-refractivity contribution is -0.137. The second kappa shape index (κ2) is 7.71. The molecule has 0 saturated carbocycles. The summed E-state index contributed by atoms with van der Waals surface area (Å²) in [6.45, 7) is 0.854. The highest BCUT2D eigenvalue weighted by Gasteiger charge is 2.30. The minimum absolute atomic E-state index is 0.377. The van der Waals surface area contributed by atoms with Crippen LogP contribution in [0.3, 0.4) is 0 Å². The summed E-state index contributed by atoms with van der Waals surface area (Å²) in [7, 11) is 0. The molecule has 5 rings (SSSR count). The zero-order chi connectivity index (χ0) is 22.3. The molecule has 1 aromatic heterocycles. The summed E-state index contributed by atoms with van der Waals surface area (Å²) < 4.78 is 43.1. The molecule has 8 heteroatoms. The minimum atomic E-state index is -4.34. The predicted molar refractivity (Wildman–Crippen MR) is 115 cm³/mol. The highest BCUT2D eigenvalue weighted by molar-refractivity contribution is 5.75. The maximum Gasteiger partial charge on any atom is 0.439 e. The van der Waals surface area contributed by atoms with Crippen molar-refractivity contribution in [2.24, 2.45) is 0 Å². The van der Waals surface area contributed by atoms with Crippen LogP contribution in [0.2, 0.25) is 0 Å². The molecular formula is C24H18F3N3O2. The first-order valence-electron chi connectivity index (χ1n) is 10.1. The summed E-state index contributed by atoms with van der Waals surface area (Å²) in [5, 5.41) is 3.70. The van der Waals surface area contributed by atoms with Crippen molar-refractivity contribution in [1.82, 2.24) is 10.1 Å². The van der Waals surface area contributed by atoms with Crippen LogP contribution in [0, 0.1) is 0 Å². The molecule has 3 aromatic carbocycles. The molecule has 162 valence electrons. The van der Waals surface area contributed by atoms with Gasteiger partial charge in [-0.15, -0.1) is 0 Å². The largest absolute Gasteiger partial charge is 0.439 e. The topological polar surface area (TPSA) is 62.1 Å². The number of alkyl halides is 3. The van der Waals surface area contributed by atoms with E-state index in [1.807, 2.05) is 36.4 Å². The number of H-pyrrole nitrogens is 1. The fraction of sp³-hybridized carbons (Fsp3) is 0.167. The van der Waals surface area contributed by atoms with E-state index in [4.69, 9.17) is 0 Å². The quantitative estimate of drug-likeness (QED) is 0.440. The molecule has 1 aliphatic heterocycles. The zero-order valence-electron chi connectivity index (χ0n) is 16.8. The van der Waals surface area contributed by atoms with Gasteiger partial charge in [0.05, 0.1) is 5.56 Å². The highest BCUT2D eigenvalue weighted by atomic mass is 19.4. The number of halogens is 3. The Kier molecular flexibility index (Phi) is 4.84. The van der Waals surface area contributed by atoms with Crippen molar-refractivity contribution in [3.63, 3.8) is 0 Å². The number of hydrogen-bond donors (Lipinski definition) is 1. The summed E-state index contributed by atoms with van der Waals surface area (Å²) in [6, 6.07) is 18.9. The van der Waals surface area contributed by atoms with Gasteiger partial charge < -0.3 is 4.90 Å². The molecule has 32 heavy (non-hydrogen) atoms. The van der Waals surface area contributed by atoms with Gasteiger partial charge in [-0.05, 0) is 78.1 Å². The van der Waals surface area contributed by atoms with Gasteiger partial charge in [-0.3, -0.25) is 9.51 Å². The van der Waals surface area contributed by atoms with Gasteiger partial charge in [-0.25, -0.2) is 4.79 Å². The summed E-state index contributed by atoms with van der Waals surface area (Å²) in [5.41, 5.74) is 4.97. The van der Waals surface area contributed by atoms with Crippen LogP contribution >= 0.6 is 0 Å². The van der Waals surface area contributed by atoms with Crippen molar-refractivity contribution < 1.29 is 17.7 Å². The number of aromatic amines is 1. The van der Waals surface area contributed by atoms with Gasteiger partial charge in [0, 0.05) is 23.5 Å². The second-order valence-electron chi connectivity index (χ2n) is 7.66. The highest BCUT2D eigenvalue weighted by Crippen LogP contribution is 2.37. The molecular weight excluding hydrogens is 419 g/mol. The Balaban J connectivity index is 1.42.